The predicted molar refractivity (Wildman–Crippen MR) is 612 cm³/mol. The average Bonchev–Trinajstić information content (AvgIpc) is 1.60. The number of hydrogen-bond donors (Lipinski definition) is 17. The number of aromatic nitrogens is 2. The van der Waals surface area contributed by atoms with E-state index >= 15 is 0 Å². The lowest BCUT2D eigenvalue weighted by Crippen LogP contribution is -2.57. The molecule has 21 N–H and O–H groups in total. The second-order valence-electron chi connectivity index (χ2n) is 35.8. The molecule has 10 aromatic carbocycles. The maximum Gasteiger partial charge on any atom is 0.408 e. The van der Waals surface area contributed by atoms with Crippen molar-refractivity contribution in [1.29, 1.82) is 0 Å². The third-order valence-electron chi connectivity index (χ3n) is 23.7. The number of amides is 5. The van der Waals surface area contributed by atoms with Crippen molar-refractivity contribution in [3.63, 3.8) is 0 Å². The van der Waals surface area contributed by atoms with Gasteiger partial charge in [0.05, 0.1) is 36.2 Å². The van der Waals surface area contributed by atoms with E-state index < -0.39 is 107 Å². The van der Waals surface area contributed by atoms with Crippen LogP contribution in [0.15, 0.2) is 291 Å². The summed E-state index contributed by atoms with van der Waals surface area (Å²) in [5.41, 5.74) is 23.8. The zero-order chi connectivity index (χ0) is 103. The Hall–Kier alpha value is -12.5. The number of hydrogen-bond acceptors (Lipinski definition) is 26. The molecule has 36 heteroatoms. The number of rotatable bonds is 30. The second-order valence-corrected chi connectivity index (χ2v) is 40.5. The number of carboxylic acids is 2. The first-order chi connectivity index (χ1) is 68.1. The van der Waals surface area contributed by atoms with Gasteiger partial charge in [-0.15, -0.1) is 0 Å². The average molecular weight is 2150 g/mol. The third kappa shape index (κ3) is 35.6. The van der Waals surface area contributed by atoms with Crippen LogP contribution >= 0.6 is 72.1 Å². The number of hydroxylamine groups is 1. The first-order valence-corrected chi connectivity index (χ1v) is 51.4. The fraction of sp³-hybridized carbons (Fsp3) is 0.336. The standard InChI is InChI=1S/C38H38N4O3S.C23H25NO6.C22H21NOS.C21H27N3O5.C3H7NO2.CH2S2.CH4S2.4CH4.2H3N.H2O/c39-31(23-26-24-40-32-20-11-10-19-30(26)32)37(45)42-22-12-21-34(42)36(44)41-33(25-46)35(43)38(27-13-4-1-5-14-27,28-15-6-2-7-16-28)29-17-8-3-9-18-29;1-23(2,3)30-21(27)19(12-20(25)26)24-22(28)29-13-18-16-10-6-4-8-14(16)15-9-5-7-11-17(15)18;23-20(16-25)21(24)22(17-10-4-1-5-11-17,18-12-6-2-7-13-18)19-14-8-3-9-15-19;1-21(2,3)29-20(28)23-16(18(25)24-10-6-9-17(24)19(26)27)11-13-12-22-15-8-5-4-7-14(13)15;1-3(5)2-4-6;1-2-3-1;2-1-3;;;;;;;/h1-11,13-20,24,31,33-34,40,46H,12,21-23,25,39H2,(H,41,44);4-11,18-19H,12-13H2,1-3H3,(H,24,28)(H,25,26);1-15,20,25H,16,23H2;4-5,7-8,12,16-17,22H,6,9-11H2,1-3H3,(H,23,28)(H,26,27);4,6H,2H2,1H3;1H2;2-3H,1H2;4*1H4;2*1H3;1H2/t31-,33-,34-;19-;20-;16-,17-;;;;;;;;;;/m0000........../s1. The molecule has 30 nitrogen and oxygen atoms in total. The monoisotopic (exact) mass is 2150 g/mol. The molecule has 5 heterocycles. The Kier molecular flexibility index (Phi) is 55.6. The van der Waals surface area contributed by atoms with Crippen LogP contribution in [-0.4, -0.2) is 207 Å². The topological polar surface area (TPSA) is 516 Å². The molecule has 16 rings (SSSR count). The van der Waals surface area contributed by atoms with Gasteiger partial charge in [0, 0.05) is 76.2 Å². The van der Waals surface area contributed by atoms with E-state index in [1.807, 2.05) is 307 Å². The molecule has 0 unspecified atom stereocenters. The number of Topliss-reactive ketones (excluding diaryl/α,β-unsaturated/α-hetero) is 3. The van der Waals surface area contributed by atoms with Gasteiger partial charge in [0.2, 0.25) is 17.7 Å². The first kappa shape index (κ1) is 131. The van der Waals surface area contributed by atoms with Crippen molar-refractivity contribution in [2.75, 3.05) is 47.9 Å². The van der Waals surface area contributed by atoms with Crippen LogP contribution in [0.2, 0.25) is 0 Å². The maximum absolute atomic E-state index is 15.0. The van der Waals surface area contributed by atoms with Crippen LogP contribution in [0, 0.1) is 0 Å². The molecule has 5 amide bonds. The summed E-state index contributed by atoms with van der Waals surface area (Å²) in [5, 5.41) is 38.2. The number of H-pyrrole nitrogens is 2. The fourth-order valence-electron chi connectivity index (χ4n) is 17.5. The van der Waals surface area contributed by atoms with E-state index in [1.54, 1.807) is 58.1 Å². The van der Waals surface area contributed by atoms with E-state index in [-0.39, 0.29) is 108 Å². The highest BCUT2D eigenvalue weighted by atomic mass is 33.2. The van der Waals surface area contributed by atoms with Crippen molar-refractivity contribution in [2.45, 2.75) is 193 Å². The number of carboxylic acid groups (broad SMARTS) is 2. The summed E-state index contributed by atoms with van der Waals surface area (Å²) in [4.78, 5) is 148. The Morgan fingerprint density at radius 1 is 0.456 bits per heavy atom. The van der Waals surface area contributed by atoms with Crippen molar-refractivity contribution in [3.05, 3.63) is 347 Å². The van der Waals surface area contributed by atoms with Crippen molar-refractivity contribution in [3.8, 4) is 11.1 Å². The molecule has 2 aromatic heterocycles. The molecule has 0 saturated carbocycles. The Morgan fingerprint density at radius 2 is 0.819 bits per heavy atom. The van der Waals surface area contributed by atoms with E-state index in [0.29, 0.717) is 56.0 Å². The number of ketones is 3. The lowest BCUT2D eigenvalue weighted by atomic mass is 9.65. The van der Waals surface area contributed by atoms with Crippen LogP contribution < -0.4 is 45.2 Å². The van der Waals surface area contributed by atoms with Crippen LogP contribution in [0.25, 0.3) is 32.9 Å². The van der Waals surface area contributed by atoms with Gasteiger partial charge >= 0.3 is 30.1 Å². The molecular formula is C113H148N12O18S6. The van der Waals surface area contributed by atoms with Gasteiger partial charge in [0.15, 0.2) is 11.6 Å². The van der Waals surface area contributed by atoms with Crippen LogP contribution in [0.1, 0.15) is 172 Å². The van der Waals surface area contributed by atoms with Gasteiger partial charge < -0.3 is 94.6 Å². The van der Waals surface area contributed by atoms with Crippen molar-refractivity contribution >= 4 is 159 Å². The summed E-state index contributed by atoms with van der Waals surface area (Å²) in [6, 6.07) is 83.6. The van der Waals surface area contributed by atoms with Gasteiger partial charge in [0.1, 0.15) is 58.6 Å². The smallest absolute Gasteiger partial charge is 0.408 e. The summed E-state index contributed by atoms with van der Waals surface area (Å²) >= 11 is 16.2. The quantitative estimate of drug-likeness (QED) is 0.00290. The molecule has 0 spiro atoms. The minimum Gasteiger partial charge on any atom is -0.481 e. The Balaban J connectivity index is 0.000000494. The van der Waals surface area contributed by atoms with Crippen LogP contribution in [0.4, 0.5) is 9.59 Å². The normalized spacial score (nSPS) is 14.3. The third-order valence-corrected chi connectivity index (χ3v) is 25.4. The molecule has 1 aliphatic carbocycles. The molecule has 4 aliphatic rings. The van der Waals surface area contributed by atoms with E-state index in [9.17, 15) is 57.8 Å². The van der Waals surface area contributed by atoms with Crippen LogP contribution in [0.5, 0.6) is 0 Å². The number of benzene rings is 10. The summed E-state index contributed by atoms with van der Waals surface area (Å²) in [5.74, 6) is -4.22. The number of nitrogens with two attached hydrogens (primary N) is 2. The van der Waals surface area contributed by atoms with Gasteiger partial charge in [-0.05, 0) is 159 Å². The van der Waals surface area contributed by atoms with Crippen molar-refractivity contribution in [1.82, 2.24) is 53.5 Å². The maximum atomic E-state index is 15.0. The highest BCUT2D eigenvalue weighted by molar-refractivity contribution is 8.92. The number of ether oxygens (including phenoxy) is 3. The van der Waals surface area contributed by atoms with Gasteiger partial charge in [0.25, 0.3) is 0 Å². The molecule has 3 aliphatic heterocycles. The zero-order valence-corrected chi connectivity index (χ0v) is 87.3. The summed E-state index contributed by atoms with van der Waals surface area (Å²) < 4.78 is 15.9. The van der Waals surface area contributed by atoms with Gasteiger partial charge in [-0.3, -0.25) is 33.6 Å². The molecule has 0 bridgehead atoms. The lowest BCUT2D eigenvalue weighted by Gasteiger charge is -2.37. The molecule has 149 heavy (non-hydrogen) atoms. The number of nitrogens with zero attached hydrogens (tertiary/aromatic N) is 2. The Bertz CT molecular complexity index is 5950. The minimum absolute atomic E-state index is 0. The number of fused-ring (bicyclic) bond motifs is 5. The summed E-state index contributed by atoms with van der Waals surface area (Å²) in [6.07, 6.45) is 4.28. The van der Waals surface area contributed by atoms with E-state index in [4.69, 9.17) is 36.0 Å². The molecule has 0 radical (unpaired) electrons. The van der Waals surface area contributed by atoms with Gasteiger partial charge in [-0.25, -0.2) is 19.2 Å². The van der Waals surface area contributed by atoms with Gasteiger partial charge in [-0.2, -0.15) is 56.0 Å². The fourth-order valence-corrected chi connectivity index (χ4v) is 17.9. The second kappa shape index (κ2) is 63.5. The lowest BCUT2D eigenvalue weighted by molar-refractivity contribution is -0.159. The molecule has 3 fully saturated rings. The van der Waals surface area contributed by atoms with Crippen LogP contribution in [-0.2, 0) is 81.0 Å². The number of carbonyl (C=O) groups is 11. The highest BCUT2D eigenvalue weighted by Gasteiger charge is 2.49. The Morgan fingerprint density at radius 3 is 1.18 bits per heavy atom. The summed E-state index contributed by atoms with van der Waals surface area (Å²) in [6.45, 7) is 12.5. The van der Waals surface area contributed by atoms with E-state index in [2.05, 4.69) is 76.4 Å². The number of aromatic amines is 2. The molecule has 12 aromatic rings. The first-order valence-electron chi connectivity index (χ1n) is 46.4. The number of likely N-dealkylation sites (tertiary alicyclic amines) is 2. The number of para-hydroxylation sites is 2. The van der Waals surface area contributed by atoms with Crippen molar-refractivity contribution < 1.29 is 87.8 Å². The molecule has 7 atom stereocenters. The summed E-state index contributed by atoms with van der Waals surface area (Å²) in [7, 11) is 3.83. The molecule has 804 valence electrons. The number of nitrogens with one attached hydrogen (secondary N) is 6. The van der Waals surface area contributed by atoms with Crippen LogP contribution in [0.3, 0.4) is 0 Å². The zero-order valence-electron chi connectivity index (χ0n) is 82.1. The van der Waals surface area contributed by atoms with E-state index in [1.165, 1.54) is 16.9 Å². The van der Waals surface area contributed by atoms with Crippen molar-refractivity contribution in [2.24, 2.45) is 11.5 Å². The van der Waals surface area contributed by atoms with E-state index in [0.717, 1.165) is 88.6 Å². The van der Waals surface area contributed by atoms with Gasteiger partial charge in [-0.1, -0.05) is 318 Å². The Labute approximate surface area is 905 Å². The highest BCUT2D eigenvalue weighted by Crippen LogP contribution is 2.47. The SMILES string of the molecule is C.C.C.C.C1SS1.CC(=O)CNO.CC(C)(C)OC(=O)N[C@@H](Cc1c[nH]c2ccccc12)C(=O)N1CCC[C@H]1C(=O)O.CC(C)(C)OC(=O)[C@H](CC(=O)O)NC(=O)OCC1c2ccccc2-c2ccccc21.N.N.N[C@@H](CS)C(=O)C(c1ccccc1)(c1ccccc1)c1ccccc1.N[C@@H](Cc1c[nH]c2ccccc12)C(=O)N1CCC[C@H]1C(=O)N[C@@H](CS)C(=O)C(c1ccccc1)(c1ccccc1)c1ccccc1.O.SCS. The number of alkyl carbamates (subject to hydrolysis) is 2. The number of carbonyl (C=O) groups excluding carboxylic acids is 9. The minimum atomic E-state index is -1.34. The number of aliphatic carboxylic acids is 2. The predicted octanol–water partition coefficient (Wildman–Crippen LogP) is 19.0. The number of esters is 1. The largest absolute Gasteiger partial charge is 0.481 e. The molecule has 3 saturated heterocycles. The number of thiol groups is 4. The molecular weight excluding hydrogens is 2010 g/mol.